The molecule has 2 aromatic heterocycles. The van der Waals surface area contributed by atoms with Gasteiger partial charge in [-0.2, -0.15) is 0 Å². The van der Waals surface area contributed by atoms with Crippen molar-refractivity contribution in [3.63, 3.8) is 0 Å². The fourth-order valence-corrected chi connectivity index (χ4v) is 1.43. The molecule has 5 nitrogen and oxygen atoms in total. The highest BCUT2D eigenvalue weighted by molar-refractivity contribution is 7.18. The van der Waals surface area contributed by atoms with Crippen LogP contribution in [0.5, 0.6) is 0 Å². The molecular formula is C6H7N5S. The molecule has 0 fully saturated rings. The number of nitrogens with zero attached hydrogens (tertiary/aromatic N) is 4. The number of rotatable bonds is 1. The van der Waals surface area contributed by atoms with Crippen LogP contribution in [-0.2, 0) is 7.05 Å². The van der Waals surface area contributed by atoms with Crippen LogP contribution < -0.4 is 5.73 Å². The first-order chi connectivity index (χ1) is 5.75. The average molecular weight is 181 g/mol. The Bertz CT molecular complexity index is 352. The highest BCUT2D eigenvalue weighted by Crippen LogP contribution is 2.21. The van der Waals surface area contributed by atoms with Gasteiger partial charge in [-0.05, 0) is 0 Å². The average Bonchev–Trinajstić information content (AvgIpc) is 2.58. The van der Waals surface area contributed by atoms with Crippen LogP contribution in [0.1, 0.15) is 0 Å². The van der Waals surface area contributed by atoms with Gasteiger partial charge in [-0.1, -0.05) is 11.3 Å². The van der Waals surface area contributed by atoms with Crippen LogP contribution in [0, 0.1) is 0 Å². The van der Waals surface area contributed by atoms with E-state index in [0.29, 0.717) is 5.13 Å². The van der Waals surface area contributed by atoms with Crippen molar-refractivity contribution in [2.45, 2.75) is 0 Å². The Kier molecular flexibility index (Phi) is 1.54. The largest absolute Gasteiger partial charge is 0.374 e. The molecule has 2 aromatic rings. The molecule has 0 spiro atoms. The number of aromatic nitrogens is 4. The number of anilines is 1. The van der Waals surface area contributed by atoms with Gasteiger partial charge in [-0.15, -0.1) is 10.2 Å². The number of nitrogen functional groups attached to an aromatic ring is 1. The molecule has 62 valence electrons. The van der Waals surface area contributed by atoms with E-state index in [-0.39, 0.29) is 0 Å². The van der Waals surface area contributed by atoms with Crippen LogP contribution >= 0.6 is 11.3 Å². The third-order valence-electron chi connectivity index (χ3n) is 1.36. The molecule has 0 atom stereocenters. The summed E-state index contributed by atoms with van der Waals surface area (Å²) >= 11 is 1.33. The summed E-state index contributed by atoms with van der Waals surface area (Å²) in [6.07, 6.45) is 3.59. The maximum Gasteiger partial charge on any atom is 0.203 e. The first-order valence-electron chi connectivity index (χ1n) is 3.33. The van der Waals surface area contributed by atoms with Crippen LogP contribution in [0.15, 0.2) is 12.5 Å². The number of hydrogen-bond donors (Lipinski definition) is 1. The second kappa shape index (κ2) is 2.56. The van der Waals surface area contributed by atoms with Crippen molar-refractivity contribution < 1.29 is 0 Å². The van der Waals surface area contributed by atoms with Gasteiger partial charge < -0.3 is 10.3 Å². The maximum atomic E-state index is 5.43. The highest BCUT2D eigenvalue weighted by Gasteiger charge is 2.05. The highest BCUT2D eigenvalue weighted by atomic mass is 32.1. The molecule has 0 saturated carbocycles. The minimum Gasteiger partial charge on any atom is -0.374 e. The predicted molar refractivity (Wildman–Crippen MR) is 46.5 cm³/mol. The van der Waals surface area contributed by atoms with Gasteiger partial charge in [-0.3, -0.25) is 0 Å². The molecule has 0 aliphatic heterocycles. The maximum absolute atomic E-state index is 5.43. The lowest BCUT2D eigenvalue weighted by atomic mass is 10.5. The standard InChI is InChI=1S/C6H7N5S/c1-11-2-4(8-3-11)5-9-10-6(7)12-5/h2-3H,1H3,(H2,7,10). The Labute approximate surface area is 72.9 Å². The van der Waals surface area contributed by atoms with Crippen molar-refractivity contribution in [2.75, 3.05) is 5.73 Å². The van der Waals surface area contributed by atoms with E-state index in [1.165, 1.54) is 11.3 Å². The number of hydrogen-bond acceptors (Lipinski definition) is 5. The van der Waals surface area contributed by atoms with Crippen molar-refractivity contribution in [2.24, 2.45) is 7.05 Å². The van der Waals surface area contributed by atoms with Gasteiger partial charge >= 0.3 is 0 Å². The quantitative estimate of drug-likeness (QED) is 0.696. The summed E-state index contributed by atoms with van der Waals surface area (Å²) in [5, 5.41) is 8.79. The molecule has 2 heterocycles. The number of imidazole rings is 1. The van der Waals surface area contributed by atoms with E-state index >= 15 is 0 Å². The third-order valence-corrected chi connectivity index (χ3v) is 2.14. The van der Waals surface area contributed by atoms with Gasteiger partial charge in [0.15, 0.2) is 5.01 Å². The molecule has 0 unspecified atom stereocenters. The molecule has 2 N–H and O–H groups in total. The van der Waals surface area contributed by atoms with Crippen LogP contribution in [0.25, 0.3) is 10.7 Å². The summed E-state index contributed by atoms with van der Waals surface area (Å²) in [6.45, 7) is 0. The van der Waals surface area contributed by atoms with Crippen molar-refractivity contribution in [1.82, 2.24) is 19.7 Å². The second-order valence-corrected chi connectivity index (χ2v) is 3.38. The summed E-state index contributed by atoms with van der Waals surface area (Å²) in [5.74, 6) is 0. The van der Waals surface area contributed by atoms with E-state index in [1.54, 1.807) is 6.33 Å². The molecule has 0 aliphatic rings. The SMILES string of the molecule is Cn1cnc(-c2nnc(N)s2)c1. The van der Waals surface area contributed by atoms with E-state index in [1.807, 2.05) is 17.8 Å². The number of aryl methyl sites for hydroxylation is 1. The Balaban J connectivity index is 2.43. The molecular weight excluding hydrogens is 174 g/mol. The van der Waals surface area contributed by atoms with Gasteiger partial charge in [-0.25, -0.2) is 4.98 Å². The first kappa shape index (κ1) is 7.23. The second-order valence-electron chi connectivity index (χ2n) is 2.37. The Hall–Kier alpha value is -1.43. The first-order valence-corrected chi connectivity index (χ1v) is 4.14. The Morgan fingerprint density at radius 2 is 2.33 bits per heavy atom. The lowest BCUT2D eigenvalue weighted by molar-refractivity contribution is 0.913. The van der Waals surface area contributed by atoms with E-state index in [0.717, 1.165) is 10.7 Å². The van der Waals surface area contributed by atoms with Crippen molar-refractivity contribution >= 4 is 16.5 Å². The van der Waals surface area contributed by atoms with Gasteiger partial charge in [0.25, 0.3) is 0 Å². The van der Waals surface area contributed by atoms with Gasteiger partial charge in [0, 0.05) is 13.2 Å². The zero-order valence-corrected chi connectivity index (χ0v) is 7.25. The lowest BCUT2D eigenvalue weighted by Gasteiger charge is -1.83. The zero-order valence-electron chi connectivity index (χ0n) is 6.43. The predicted octanol–water partition coefficient (Wildman–Crippen LogP) is 0.521. The molecule has 0 amide bonds. The number of nitrogens with two attached hydrogens (primary N) is 1. The van der Waals surface area contributed by atoms with E-state index in [2.05, 4.69) is 15.2 Å². The van der Waals surface area contributed by atoms with Crippen molar-refractivity contribution in [3.05, 3.63) is 12.5 Å². The summed E-state index contributed by atoms with van der Waals surface area (Å²) in [5.41, 5.74) is 6.24. The third kappa shape index (κ3) is 1.16. The molecule has 12 heavy (non-hydrogen) atoms. The van der Waals surface area contributed by atoms with Gasteiger partial charge in [0.05, 0.1) is 6.33 Å². The Morgan fingerprint density at radius 3 is 2.83 bits per heavy atom. The zero-order chi connectivity index (χ0) is 8.55. The normalized spacial score (nSPS) is 10.4. The van der Waals surface area contributed by atoms with Crippen LogP contribution in [0.3, 0.4) is 0 Å². The van der Waals surface area contributed by atoms with E-state index in [4.69, 9.17) is 5.73 Å². The molecule has 0 radical (unpaired) electrons. The van der Waals surface area contributed by atoms with Gasteiger partial charge in [0.2, 0.25) is 5.13 Å². The fourth-order valence-electron chi connectivity index (χ4n) is 0.861. The Morgan fingerprint density at radius 1 is 1.50 bits per heavy atom. The summed E-state index contributed by atoms with van der Waals surface area (Å²) in [7, 11) is 1.90. The van der Waals surface area contributed by atoms with Crippen molar-refractivity contribution in [1.29, 1.82) is 0 Å². The van der Waals surface area contributed by atoms with Crippen molar-refractivity contribution in [3.8, 4) is 10.7 Å². The van der Waals surface area contributed by atoms with E-state index in [9.17, 15) is 0 Å². The summed E-state index contributed by atoms with van der Waals surface area (Å²) in [6, 6.07) is 0. The van der Waals surface area contributed by atoms with Crippen LogP contribution in [0.4, 0.5) is 5.13 Å². The molecule has 0 saturated heterocycles. The minimum atomic E-state index is 0.468. The topological polar surface area (TPSA) is 69.6 Å². The van der Waals surface area contributed by atoms with Gasteiger partial charge in [0.1, 0.15) is 5.69 Å². The summed E-state index contributed by atoms with van der Waals surface area (Å²) < 4.78 is 1.85. The van der Waals surface area contributed by atoms with Crippen LogP contribution in [0.2, 0.25) is 0 Å². The molecule has 2 rings (SSSR count). The summed E-state index contributed by atoms with van der Waals surface area (Å²) in [4.78, 5) is 4.11. The molecule has 0 bridgehead atoms. The van der Waals surface area contributed by atoms with E-state index < -0.39 is 0 Å². The molecule has 0 aromatic carbocycles. The minimum absolute atomic E-state index is 0.468. The smallest absolute Gasteiger partial charge is 0.203 e. The lowest BCUT2D eigenvalue weighted by Crippen LogP contribution is -1.80. The van der Waals surface area contributed by atoms with Crippen LogP contribution in [-0.4, -0.2) is 19.7 Å². The fraction of sp³-hybridized carbons (Fsp3) is 0.167. The monoisotopic (exact) mass is 181 g/mol. The molecule has 6 heteroatoms. The molecule has 0 aliphatic carbocycles.